The first kappa shape index (κ1) is 13.4. The van der Waals surface area contributed by atoms with Crippen LogP contribution in [0.3, 0.4) is 0 Å². The molecule has 0 N–H and O–H groups in total. The Morgan fingerprint density at radius 3 is 2.70 bits per heavy atom. The smallest absolute Gasteiger partial charge is 0.196 e. The highest BCUT2D eigenvalue weighted by molar-refractivity contribution is 9.10. The molecule has 0 amide bonds. The molecule has 0 aromatic heterocycles. The Hall–Kier alpha value is -1.61. The van der Waals surface area contributed by atoms with Gasteiger partial charge in [-0.3, -0.25) is 4.79 Å². The number of ether oxygens (including phenoxy) is 1. The van der Waals surface area contributed by atoms with Gasteiger partial charge in [-0.2, -0.15) is 0 Å². The van der Waals surface area contributed by atoms with Gasteiger partial charge in [0.15, 0.2) is 5.78 Å². The molecule has 0 atom stereocenters. The van der Waals surface area contributed by atoms with Crippen LogP contribution in [-0.2, 0) is 12.8 Å². The second kappa shape index (κ2) is 5.41. The molecule has 3 heteroatoms. The second-order valence-corrected chi connectivity index (χ2v) is 5.84. The molecule has 0 radical (unpaired) electrons. The standard InChI is InChI=1S/C17H15BrO2/c1-2-11-3-5-12(6-4-11)16(19)15-10-14(18)9-13-7-8-20-17(13)15/h3-6,9-10H,2,7-8H2,1H3. The van der Waals surface area contributed by atoms with Crippen molar-refractivity contribution in [3.63, 3.8) is 0 Å². The summed E-state index contributed by atoms with van der Waals surface area (Å²) < 4.78 is 6.56. The molecule has 0 bridgehead atoms. The van der Waals surface area contributed by atoms with E-state index in [4.69, 9.17) is 4.74 Å². The number of aryl methyl sites for hydroxylation is 1. The monoisotopic (exact) mass is 330 g/mol. The maximum Gasteiger partial charge on any atom is 0.196 e. The quantitative estimate of drug-likeness (QED) is 0.789. The van der Waals surface area contributed by atoms with Crippen molar-refractivity contribution in [2.75, 3.05) is 6.61 Å². The van der Waals surface area contributed by atoms with E-state index < -0.39 is 0 Å². The third kappa shape index (κ3) is 2.38. The van der Waals surface area contributed by atoms with Crippen molar-refractivity contribution < 1.29 is 9.53 Å². The largest absolute Gasteiger partial charge is 0.492 e. The lowest BCUT2D eigenvalue weighted by molar-refractivity contribution is 0.103. The van der Waals surface area contributed by atoms with Crippen LogP contribution in [0.25, 0.3) is 0 Å². The van der Waals surface area contributed by atoms with Crippen molar-refractivity contribution in [3.8, 4) is 5.75 Å². The Bertz CT molecular complexity index is 659. The minimum atomic E-state index is 0.0205. The zero-order valence-electron chi connectivity index (χ0n) is 11.3. The van der Waals surface area contributed by atoms with E-state index in [2.05, 4.69) is 22.9 Å². The minimum Gasteiger partial charge on any atom is -0.492 e. The lowest BCUT2D eigenvalue weighted by atomic mass is 9.98. The summed E-state index contributed by atoms with van der Waals surface area (Å²) in [7, 11) is 0. The summed E-state index contributed by atoms with van der Waals surface area (Å²) in [5, 5.41) is 0. The topological polar surface area (TPSA) is 26.3 Å². The van der Waals surface area contributed by atoms with Crippen molar-refractivity contribution >= 4 is 21.7 Å². The first-order valence-corrected chi connectivity index (χ1v) is 7.57. The van der Waals surface area contributed by atoms with Crippen LogP contribution in [0.1, 0.15) is 34.0 Å². The Kier molecular flexibility index (Phi) is 3.62. The maximum absolute atomic E-state index is 12.7. The molecular weight excluding hydrogens is 316 g/mol. The average Bonchev–Trinajstić information content (AvgIpc) is 2.94. The highest BCUT2D eigenvalue weighted by atomic mass is 79.9. The van der Waals surface area contributed by atoms with Crippen LogP contribution in [0.15, 0.2) is 40.9 Å². The summed E-state index contributed by atoms with van der Waals surface area (Å²) in [6.07, 6.45) is 1.84. The van der Waals surface area contributed by atoms with E-state index in [1.54, 1.807) is 0 Å². The first-order valence-electron chi connectivity index (χ1n) is 6.78. The zero-order valence-corrected chi connectivity index (χ0v) is 12.9. The molecule has 102 valence electrons. The number of hydrogen-bond acceptors (Lipinski definition) is 2. The molecule has 0 fully saturated rings. The molecular formula is C17H15BrO2. The predicted molar refractivity (Wildman–Crippen MR) is 82.6 cm³/mol. The van der Waals surface area contributed by atoms with E-state index in [-0.39, 0.29) is 5.78 Å². The number of halogens is 1. The second-order valence-electron chi connectivity index (χ2n) is 4.92. The summed E-state index contributed by atoms with van der Waals surface area (Å²) in [6, 6.07) is 11.7. The molecule has 0 spiro atoms. The van der Waals surface area contributed by atoms with Crippen LogP contribution in [-0.4, -0.2) is 12.4 Å². The van der Waals surface area contributed by atoms with Crippen LogP contribution in [0.2, 0.25) is 0 Å². The molecule has 0 saturated heterocycles. The van der Waals surface area contributed by atoms with Gasteiger partial charge in [0, 0.05) is 16.5 Å². The van der Waals surface area contributed by atoms with Crippen LogP contribution in [0.4, 0.5) is 0 Å². The number of ketones is 1. The van der Waals surface area contributed by atoms with E-state index >= 15 is 0 Å². The SMILES string of the molecule is CCc1ccc(C(=O)c2cc(Br)cc3c2OCC3)cc1. The summed E-state index contributed by atoms with van der Waals surface area (Å²) >= 11 is 3.47. The fourth-order valence-electron chi connectivity index (χ4n) is 2.49. The van der Waals surface area contributed by atoms with E-state index in [1.165, 1.54) is 5.56 Å². The Morgan fingerprint density at radius 2 is 2.00 bits per heavy atom. The van der Waals surface area contributed by atoms with Gasteiger partial charge in [-0.05, 0) is 29.7 Å². The normalized spacial score (nSPS) is 12.9. The molecule has 2 aromatic carbocycles. The molecule has 2 aromatic rings. The molecule has 3 rings (SSSR count). The molecule has 0 saturated carbocycles. The number of benzene rings is 2. The van der Waals surface area contributed by atoms with E-state index in [0.717, 1.165) is 28.6 Å². The molecule has 2 nitrogen and oxygen atoms in total. The maximum atomic E-state index is 12.7. The van der Waals surface area contributed by atoms with Gasteiger partial charge in [0.25, 0.3) is 0 Å². The van der Waals surface area contributed by atoms with Crippen LogP contribution >= 0.6 is 15.9 Å². The summed E-state index contributed by atoms with van der Waals surface area (Å²) in [5.74, 6) is 0.768. The number of carbonyl (C=O) groups excluding carboxylic acids is 1. The van der Waals surface area contributed by atoms with Gasteiger partial charge in [0.1, 0.15) is 5.75 Å². The lowest BCUT2D eigenvalue weighted by Crippen LogP contribution is -2.04. The van der Waals surface area contributed by atoms with Gasteiger partial charge in [-0.25, -0.2) is 0 Å². The fourth-order valence-corrected chi connectivity index (χ4v) is 2.99. The minimum absolute atomic E-state index is 0.0205. The highest BCUT2D eigenvalue weighted by Crippen LogP contribution is 2.34. The number of fused-ring (bicyclic) bond motifs is 1. The predicted octanol–water partition coefficient (Wildman–Crippen LogP) is 4.18. The van der Waals surface area contributed by atoms with Crippen molar-refractivity contribution in [3.05, 3.63) is 63.1 Å². The van der Waals surface area contributed by atoms with Gasteiger partial charge in [0.05, 0.1) is 12.2 Å². The van der Waals surface area contributed by atoms with Crippen molar-refractivity contribution in [2.24, 2.45) is 0 Å². The average molecular weight is 331 g/mol. The van der Waals surface area contributed by atoms with Crippen molar-refractivity contribution in [1.29, 1.82) is 0 Å². The van der Waals surface area contributed by atoms with Gasteiger partial charge in [0.2, 0.25) is 0 Å². The first-order chi connectivity index (χ1) is 9.69. The molecule has 1 aliphatic heterocycles. The summed E-state index contributed by atoms with van der Waals surface area (Å²) in [5.41, 5.74) is 3.69. The molecule has 1 aliphatic rings. The third-order valence-corrected chi connectivity index (χ3v) is 4.08. The fraction of sp³-hybridized carbons (Fsp3) is 0.235. The number of carbonyl (C=O) groups is 1. The number of hydrogen-bond donors (Lipinski definition) is 0. The third-order valence-electron chi connectivity index (χ3n) is 3.62. The van der Waals surface area contributed by atoms with E-state index in [0.29, 0.717) is 17.7 Å². The zero-order chi connectivity index (χ0) is 14.1. The van der Waals surface area contributed by atoms with Gasteiger partial charge in [-0.1, -0.05) is 47.1 Å². The summed E-state index contributed by atoms with van der Waals surface area (Å²) in [4.78, 5) is 12.7. The molecule has 0 aliphatic carbocycles. The van der Waals surface area contributed by atoms with Gasteiger partial charge >= 0.3 is 0 Å². The number of rotatable bonds is 3. The molecule has 20 heavy (non-hydrogen) atoms. The summed E-state index contributed by atoms with van der Waals surface area (Å²) in [6.45, 7) is 2.76. The van der Waals surface area contributed by atoms with E-state index in [1.807, 2.05) is 36.4 Å². The van der Waals surface area contributed by atoms with Gasteiger partial charge < -0.3 is 4.74 Å². The van der Waals surface area contributed by atoms with Crippen LogP contribution in [0.5, 0.6) is 5.75 Å². The Balaban J connectivity index is 2.02. The molecule has 1 heterocycles. The van der Waals surface area contributed by atoms with Crippen LogP contribution < -0.4 is 4.74 Å². The molecule has 0 unspecified atom stereocenters. The Labute approximate surface area is 126 Å². The van der Waals surface area contributed by atoms with Crippen molar-refractivity contribution in [1.82, 2.24) is 0 Å². The van der Waals surface area contributed by atoms with E-state index in [9.17, 15) is 4.79 Å². The van der Waals surface area contributed by atoms with Crippen molar-refractivity contribution in [2.45, 2.75) is 19.8 Å². The Morgan fingerprint density at radius 1 is 1.25 bits per heavy atom. The highest BCUT2D eigenvalue weighted by Gasteiger charge is 2.22. The van der Waals surface area contributed by atoms with Gasteiger partial charge in [-0.15, -0.1) is 0 Å². The lowest BCUT2D eigenvalue weighted by Gasteiger charge is -2.08. The van der Waals surface area contributed by atoms with Crippen LogP contribution in [0, 0.1) is 0 Å².